The zero-order valence-corrected chi connectivity index (χ0v) is 11.4. The van der Waals surface area contributed by atoms with E-state index in [4.69, 9.17) is 10.5 Å². The van der Waals surface area contributed by atoms with Gasteiger partial charge in [-0.1, -0.05) is 25.3 Å². The predicted octanol–water partition coefficient (Wildman–Crippen LogP) is 2.59. The van der Waals surface area contributed by atoms with Gasteiger partial charge in [-0.05, 0) is 31.4 Å². The first-order valence-electron chi connectivity index (χ1n) is 7.02. The van der Waals surface area contributed by atoms with Crippen LogP contribution in [0.5, 0.6) is 5.75 Å². The average molecular weight is 262 g/mol. The molecule has 0 bridgehead atoms. The molecule has 4 heteroatoms. The van der Waals surface area contributed by atoms with Crippen molar-refractivity contribution in [1.29, 1.82) is 0 Å². The maximum absolute atomic E-state index is 12.2. The van der Waals surface area contributed by atoms with Crippen LogP contribution in [0, 0.1) is 5.92 Å². The zero-order chi connectivity index (χ0) is 13.7. The second-order valence-electron chi connectivity index (χ2n) is 4.99. The molecule has 1 saturated carbocycles. The van der Waals surface area contributed by atoms with Crippen LogP contribution in [0.4, 0.5) is 5.69 Å². The molecular weight excluding hydrogens is 240 g/mol. The number of benzene rings is 1. The van der Waals surface area contributed by atoms with Gasteiger partial charge in [0.05, 0.1) is 6.61 Å². The van der Waals surface area contributed by atoms with Crippen LogP contribution in [0.3, 0.4) is 0 Å². The van der Waals surface area contributed by atoms with Crippen LogP contribution in [0.15, 0.2) is 18.2 Å². The van der Waals surface area contributed by atoms with Gasteiger partial charge in [0, 0.05) is 12.2 Å². The fourth-order valence-corrected chi connectivity index (χ4v) is 2.33. The number of nitrogen functional groups attached to an aromatic ring is 1. The summed E-state index contributed by atoms with van der Waals surface area (Å²) in [5.41, 5.74) is 6.80. The number of carbonyl (C=O) groups is 1. The van der Waals surface area contributed by atoms with Crippen LogP contribution in [0.2, 0.25) is 0 Å². The highest BCUT2D eigenvalue weighted by Crippen LogP contribution is 2.29. The number of ether oxygens (including phenoxy) is 1. The standard InChI is InChI=1S/C15H22N2O2/c1-2-19-13-8-4-7-12(16)14(13)15(18)17-10-9-11-5-3-6-11/h4,7-8,11H,2-3,5-6,9-10,16H2,1H3,(H,17,18). The Bertz CT molecular complexity index is 442. The Morgan fingerprint density at radius 3 is 2.89 bits per heavy atom. The lowest BCUT2D eigenvalue weighted by Gasteiger charge is -2.25. The first-order chi connectivity index (χ1) is 9.22. The molecule has 0 unspecified atom stereocenters. The second kappa shape index (κ2) is 6.45. The third kappa shape index (κ3) is 3.40. The number of rotatable bonds is 6. The van der Waals surface area contributed by atoms with E-state index < -0.39 is 0 Å². The molecule has 104 valence electrons. The Morgan fingerprint density at radius 1 is 1.47 bits per heavy atom. The normalized spacial score (nSPS) is 14.8. The predicted molar refractivity (Wildman–Crippen MR) is 76.3 cm³/mol. The lowest BCUT2D eigenvalue weighted by molar-refractivity contribution is 0.0946. The summed E-state index contributed by atoms with van der Waals surface area (Å²) >= 11 is 0. The number of carbonyl (C=O) groups excluding carboxylic acids is 1. The molecule has 0 aliphatic heterocycles. The third-order valence-electron chi connectivity index (χ3n) is 3.65. The molecule has 0 heterocycles. The van der Waals surface area contributed by atoms with E-state index >= 15 is 0 Å². The largest absolute Gasteiger partial charge is 0.493 e. The monoisotopic (exact) mass is 262 g/mol. The maximum atomic E-state index is 12.2. The summed E-state index contributed by atoms with van der Waals surface area (Å²) in [5.74, 6) is 1.21. The molecule has 2 rings (SSSR count). The van der Waals surface area contributed by atoms with E-state index in [-0.39, 0.29) is 5.91 Å². The van der Waals surface area contributed by atoms with Crippen LogP contribution in [-0.4, -0.2) is 19.1 Å². The van der Waals surface area contributed by atoms with E-state index in [0.29, 0.717) is 30.2 Å². The first-order valence-corrected chi connectivity index (χ1v) is 7.02. The van der Waals surface area contributed by atoms with Gasteiger partial charge in [0.1, 0.15) is 11.3 Å². The molecule has 19 heavy (non-hydrogen) atoms. The van der Waals surface area contributed by atoms with E-state index in [9.17, 15) is 4.79 Å². The molecule has 0 radical (unpaired) electrons. The highest BCUT2D eigenvalue weighted by Gasteiger charge is 2.19. The van der Waals surface area contributed by atoms with Gasteiger partial charge in [0.2, 0.25) is 0 Å². The van der Waals surface area contributed by atoms with E-state index in [2.05, 4.69) is 5.32 Å². The number of hydrogen-bond acceptors (Lipinski definition) is 3. The molecular formula is C15H22N2O2. The van der Waals surface area contributed by atoms with Gasteiger partial charge in [0.25, 0.3) is 5.91 Å². The van der Waals surface area contributed by atoms with E-state index in [1.807, 2.05) is 6.92 Å². The summed E-state index contributed by atoms with van der Waals surface area (Å²) in [4.78, 5) is 12.2. The minimum Gasteiger partial charge on any atom is -0.493 e. The highest BCUT2D eigenvalue weighted by atomic mass is 16.5. The van der Waals surface area contributed by atoms with Crippen molar-refractivity contribution in [2.75, 3.05) is 18.9 Å². The van der Waals surface area contributed by atoms with Crippen molar-refractivity contribution >= 4 is 11.6 Å². The van der Waals surface area contributed by atoms with Crippen LogP contribution >= 0.6 is 0 Å². The quantitative estimate of drug-likeness (QED) is 0.774. The molecule has 1 aromatic rings. The molecule has 0 saturated heterocycles. The van der Waals surface area contributed by atoms with Crippen molar-refractivity contribution in [2.45, 2.75) is 32.6 Å². The lowest BCUT2D eigenvalue weighted by atomic mass is 9.83. The van der Waals surface area contributed by atoms with Crippen molar-refractivity contribution < 1.29 is 9.53 Å². The minimum atomic E-state index is -0.138. The summed E-state index contributed by atoms with van der Waals surface area (Å²) in [6, 6.07) is 5.30. The van der Waals surface area contributed by atoms with Crippen molar-refractivity contribution in [3.05, 3.63) is 23.8 Å². The Morgan fingerprint density at radius 2 is 2.26 bits per heavy atom. The number of hydrogen-bond donors (Lipinski definition) is 2. The Kier molecular flexibility index (Phi) is 4.66. The highest BCUT2D eigenvalue weighted by molar-refractivity contribution is 6.01. The minimum absolute atomic E-state index is 0.138. The molecule has 1 aromatic carbocycles. The molecule has 1 amide bonds. The number of nitrogens with two attached hydrogens (primary N) is 1. The van der Waals surface area contributed by atoms with Crippen molar-refractivity contribution in [2.24, 2.45) is 5.92 Å². The van der Waals surface area contributed by atoms with Crippen molar-refractivity contribution in [1.82, 2.24) is 5.32 Å². The number of amides is 1. The summed E-state index contributed by atoms with van der Waals surface area (Å²) in [7, 11) is 0. The van der Waals surface area contributed by atoms with E-state index in [1.54, 1.807) is 18.2 Å². The Hall–Kier alpha value is -1.71. The van der Waals surface area contributed by atoms with Gasteiger partial charge < -0.3 is 15.8 Å². The number of nitrogens with one attached hydrogen (secondary N) is 1. The van der Waals surface area contributed by atoms with Crippen molar-refractivity contribution in [3.8, 4) is 5.75 Å². The summed E-state index contributed by atoms with van der Waals surface area (Å²) in [6.07, 6.45) is 4.99. The fourth-order valence-electron chi connectivity index (χ4n) is 2.33. The molecule has 1 aliphatic rings. The molecule has 0 aromatic heterocycles. The van der Waals surface area contributed by atoms with E-state index in [0.717, 1.165) is 12.3 Å². The lowest BCUT2D eigenvalue weighted by Crippen LogP contribution is -2.28. The Labute approximate surface area is 114 Å². The number of anilines is 1. The fraction of sp³-hybridized carbons (Fsp3) is 0.533. The van der Waals surface area contributed by atoms with Gasteiger partial charge in [-0.2, -0.15) is 0 Å². The summed E-state index contributed by atoms with van der Waals surface area (Å²) in [6.45, 7) is 3.12. The molecule has 3 N–H and O–H groups in total. The molecule has 1 fully saturated rings. The third-order valence-corrected chi connectivity index (χ3v) is 3.65. The van der Waals surface area contributed by atoms with Crippen LogP contribution < -0.4 is 15.8 Å². The SMILES string of the molecule is CCOc1cccc(N)c1C(=O)NCCC1CCC1. The smallest absolute Gasteiger partial charge is 0.257 e. The van der Waals surface area contributed by atoms with Crippen LogP contribution in [0.25, 0.3) is 0 Å². The molecule has 4 nitrogen and oxygen atoms in total. The topological polar surface area (TPSA) is 64.3 Å². The molecule has 0 atom stereocenters. The van der Waals surface area contributed by atoms with Gasteiger partial charge >= 0.3 is 0 Å². The van der Waals surface area contributed by atoms with Gasteiger partial charge in [-0.3, -0.25) is 4.79 Å². The molecule has 0 spiro atoms. The Balaban J connectivity index is 1.96. The maximum Gasteiger partial charge on any atom is 0.257 e. The van der Waals surface area contributed by atoms with E-state index in [1.165, 1.54) is 19.3 Å². The zero-order valence-electron chi connectivity index (χ0n) is 11.4. The van der Waals surface area contributed by atoms with Crippen molar-refractivity contribution in [3.63, 3.8) is 0 Å². The van der Waals surface area contributed by atoms with Gasteiger partial charge in [-0.15, -0.1) is 0 Å². The van der Waals surface area contributed by atoms with Gasteiger partial charge in [0.15, 0.2) is 0 Å². The summed E-state index contributed by atoms with van der Waals surface area (Å²) in [5, 5.41) is 2.94. The summed E-state index contributed by atoms with van der Waals surface area (Å²) < 4.78 is 5.46. The average Bonchev–Trinajstić information content (AvgIpc) is 2.32. The van der Waals surface area contributed by atoms with Gasteiger partial charge in [-0.25, -0.2) is 0 Å². The second-order valence-corrected chi connectivity index (χ2v) is 4.99. The molecule has 1 aliphatic carbocycles. The van der Waals surface area contributed by atoms with Crippen LogP contribution in [-0.2, 0) is 0 Å². The van der Waals surface area contributed by atoms with Crippen LogP contribution in [0.1, 0.15) is 43.0 Å². The first kappa shape index (κ1) is 13.7.